The summed E-state index contributed by atoms with van der Waals surface area (Å²) in [6.07, 6.45) is 1.47. The molecular weight excluding hydrogens is 644 g/mol. The lowest BCUT2D eigenvalue weighted by Crippen LogP contribution is -2.56. The van der Waals surface area contributed by atoms with Crippen LogP contribution in [0.4, 0.5) is 4.39 Å². The van der Waals surface area contributed by atoms with E-state index in [4.69, 9.17) is 13.6 Å². The van der Waals surface area contributed by atoms with Crippen LogP contribution in [0.2, 0.25) is 0 Å². The van der Waals surface area contributed by atoms with Crippen molar-refractivity contribution in [2.24, 2.45) is 10.8 Å². The minimum Gasteiger partial charge on any atom is -0.385 e. The van der Waals surface area contributed by atoms with Gasteiger partial charge < -0.3 is 20.4 Å². The van der Waals surface area contributed by atoms with E-state index in [1.807, 2.05) is 20.8 Å². The Labute approximate surface area is 275 Å². The monoisotopic (exact) mass is 695 g/mol. The number of rotatable bonds is 17. The number of amides is 1. The third-order valence-electron chi connectivity index (χ3n) is 7.13. The summed E-state index contributed by atoms with van der Waals surface area (Å²) < 4.78 is 46.3. The Morgan fingerprint density at radius 1 is 1.07 bits per heavy atom. The number of hydrogen-bond donors (Lipinski definition) is 4. The van der Waals surface area contributed by atoms with Gasteiger partial charge in [0.2, 0.25) is 5.79 Å². The lowest BCUT2D eigenvalue weighted by atomic mass is 9.95. The third-order valence-corrected chi connectivity index (χ3v) is 11.4. The third kappa shape index (κ3) is 11.8. The molecule has 1 unspecified atom stereocenters. The molecule has 0 aromatic rings. The fraction of sp³-hybridized carbons (Fsp3) is 0.733. The first-order chi connectivity index (χ1) is 20.6. The van der Waals surface area contributed by atoms with Crippen LogP contribution in [-0.2, 0) is 27.7 Å². The Bertz CT molecular complexity index is 1120. The number of carbonyl (C=O) groups excluding carboxylic acids is 2. The van der Waals surface area contributed by atoms with E-state index in [-0.39, 0.29) is 29.6 Å². The van der Waals surface area contributed by atoms with Crippen molar-refractivity contribution < 1.29 is 42.3 Å². The normalized spacial score (nSPS) is 27.0. The first-order valence-corrected chi connectivity index (χ1v) is 18.4. The van der Waals surface area contributed by atoms with Crippen LogP contribution in [0.1, 0.15) is 74.1 Å². The van der Waals surface area contributed by atoms with Gasteiger partial charge >= 0.3 is 7.82 Å². The largest absolute Gasteiger partial charge is 0.474 e. The zero-order valence-electron chi connectivity index (χ0n) is 27.5. The molecular formula is C30H51FN3O8PS2. The molecule has 2 aliphatic rings. The molecule has 5 atom stereocenters. The SMILES string of the molecule is C=C1NC(=O)C=CN1[C@@H]1N[C@](F)(COP(=O)(OCCCCSC(=C)C(C)(C)C)OCCCCSC(=O)C(C)(C)C)[C@@H](O)[C@@]1(C)O. The first kappa shape index (κ1) is 40.0. The maximum absolute atomic E-state index is 16.2. The number of nitrogens with one attached hydrogen (secondary N) is 2. The van der Waals surface area contributed by atoms with Gasteiger partial charge in [0.05, 0.1) is 13.2 Å². The van der Waals surface area contributed by atoms with Crippen LogP contribution in [0.5, 0.6) is 0 Å². The van der Waals surface area contributed by atoms with Gasteiger partial charge in [0.15, 0.2) is 5.12 Å². The van der Waals surface area contributed by atoms with Crippen molar-refractivity contribution in [2.75, 3.05) is 31.3 Å². The second-order valence-electron chi connectivity index (χ2n) is 13.4. The van der Waals surface area contributed by atoms with Gasteiger partial charge in [0.25, 0.3) is 5.91 Å². The summed E-state index contributed by atoms with van der Waals surface area (Å²) in [5.41, 5.74) is -2.56. The quantitative estimate of drug-likeness (QED) is 0.0875. The van der Waals surface area contributed by atoms with Gasteiger partial charge in [-0.1, -0.05) is 66.5 Å². The zero-order valence-corrected chi connectivity index (χ0v) is 30.0. The summed E-state index contributed by atoms with van der Waals surface area (Å²) in [4.78, 5) is 26.1. The van der Waals surface area contributed by atoms with Crippen LogP contribution in [0.3, 0.4) is 0 Å². The molecule has 258 valence electrons. The van der Waals surface area contributed by atoms with E-state index in [0.717, 1.165) is 17.1 Å². The van der Waals surface area contributed by atoms with Crippen molar-refractivity contribution in [2.45, 2.75) is 97.8 Å². The Balaban J connectivity index is 2.02. The molecule has 1 fully saturated rings. The topological polar surface area (TPSA) is 147 Å². The van der Waals surface area contributed by atoms with E-state index < -0.39 is 49.4 Å². The molecule has 1 saturated heterocycles. The number of aliphatic hydroxyl groups excluding tert-OH is 1. The summed E-state index contributed by atoms with van der Waals surface area (Å²) in [6, 6.07) is 0. The van der Waals surface area contributed by atoms with Crippen molar-refractivity contribution in [3.8, 4) is 0 Å². The first-order valence-electron chi connectivity index (χ1n) is 15.0. The van der Waals surface area contributed by atoms with Crippen LogP contribution in [0, 0.1) is 10.8 Å². The van der Waals surface area contributed by atoms with Crippen molar-refractivity contribution >= 4 is 42.4 Å². The molecule has 0 saturated carbocycles. The fourth-order valence-corrected chi connectivity index (χ4v) is 7.37. The number of carbonyl (C=O) groups is 2. The molecule has 2 rings (SSSR count). The molecule has 2 heterocycles. The average molecular weight is 696 g/mol. The highest BCUT2D eigenvalue weighted by molar-refractivity contribution is 8.13. The molecule has 0 aromatic heterocycles. The molecule has 15 heteroatoms. The molecule has 0 radical (unpaired) electrons. The predicted molar refractivity (Wildman–Crippen MR) is 178 cm³/mol. The summed E-state index contributed by atoms with van der Waals surface area (Å²) in [6.45, 7) is 19.9. The molecule has 0 spiro atoms. The van der Waals surface area contributed by atoms with Crippen LogP contribution >= 0.6 is 31.3 Å². The number of alkyl halides is 1. The molecule has 0 aliphatic carbocycles. The standard InChI is InChI=1S/C30H51FN3O8PS2/c1-21(27(3,4)5)44-18-12-10-16-40-43(39,41-17-11-13-19-45-26(37)28(6,7)8)42-20-30(31)24(36)29(9,38)25(33-30)34-15-14-23(35)32-22(34)2/h14-15,24-25,33,36,38H,1-2,10-13,16-20H2,3-9H3,(H,32,35)/t24-,25-,29+,30+,43?/m0/s1. The Morgan fingerprint density at radius 3 is 2.13 bits per heavy atom. The number of allylic oxidation sites excluding steroid dienone is 1. The predicted octanol–water partition coefficient (Wildman–Crippen LogP) is 5.43. The van der Waals surface area contributed by atoms with Gasteiger partial charge in [-0.25, -0.2) is 8.96 Å². The van der Waals surface area contributed by atoms with Crippen LogP contribution in [0.25, 0.3) is 0 Å². The van der Waals surface area contributed by atoms with Crippen molar-refractivity contribution in [3.63, 3.8) is 0 Å². The Hall–Kier alpha value is -1.22. The second kappa shape index (κ2) is 16.3. The van der Waals surface area contributed by atoms with Crippen molar-refractivity contribution in [1.29, 1.82) is 0 Å². The highest BCUT2D eigenvalue weighted by Crippen LogP contribution is 2.51. The van der Waals surface area contributed by atoms with Gasteiger partial charge in [-0.15, -0.1) is 11.8 Å². The van der Waals surface area contributed by atoms with Gasteiger partial charge in [-0.2, -0.15) is 0 Å². The van der Waals surface area contributed by atoms with E-state index >= 15 is 4.39 Å². The Kier molecular flexibility index (Phi) is 14.4. The van der Waals surface area contributed by atoms with E-state index in [1.54, 1.807) is 11.8 Å². The van der Waals surface area contributed by atoms with E-state index in [2.05, 4.69) is 44.6 Å². The minimum atomic E-state index is -4.32. The maximum Gasteiger partial charge on any atom is 0.474 e. The highest BCUT2D eigenvalue weighted by atomic mass is 32.2. The number of unbranched alkanes of at least 4 members (excludes halogenated alkanes) is 2. The van der Waals surface area contributed by atoms with Crippen LogP contribution in [0.15, 0.2) is 36.2 Å². The maximum atomic E-state index is 16.2. The number of aliphatic hydroxyl groups is 2. The molecule has 4 N–H and O–H groups in total. The lowest BCUT2D eigenvalue weighted by Gasteiger charge is -2.37. The number of thioether (sulfide) groups is 2. The molecule has 45 heavy (non-hydrogen) atoms. The van der Waals surface area contributed by atoms with Gasteiger partial charge in [-0.05, 0) is 48.7 Å². The molecule has 1 amide bonds. The molecule has 11 nitrogen and oxygen atoms in total. The van der Waals surface area contributed by atoms with E-state index in [1.165, 1.54) is 35.9 Å². The number of halogens is 1. The minimum absolute atomic E-state index is 0.0173. The van der Waals surface area contributed by atoms with Gasteiger partial charge in [0, 0.05) is 23.4 Å². The summed E-state index contributed by atoms with van der Waals surface area (Å²) in [5.74, 6) is -1.83. The molecule has 2 aliphatic heterocycles. The summed E-state index contributed by atoms with van der Waals surface area (Å²) >= 11 is 2.87. The van der Waals surface area contributed by atoms with Crippen LogP contribution < -0.4 is 10.6 Å². The smallest absolute Gasteiger partial charge is 0.385 e. The highest BCUT2D eigenvalue weighted by Gasteiger charge is 2.63. The lowest BCUT2D eigenvalue weighted by molar-refractivity contribution is -0.120. The second-order valence-corrected chi connectivity index (χ2v) is 17.3. The Morgan fingerprint density at radius 2 is 1.62 bits per heavy atom. The molecule has 0 aromatic carbocycles. The number of nitrogens with zero attached hydrogens (tertiary/aromatic N) is 1. The van der Waals surface area contributed by atoms with E-state index in [9.17, 15) is 24.4 Å². The summed E-state index contributed by atoms with van der Waals surface area (Å²) in [5, 5.41) is 26.9. The number of phosphoric acid groups is 1. The van der Waals surface area contributed by atoms with E-state index in [0.29, 0.717) is 25.0 Å². The van der Waals surface area contributed by atoms with Gasteiger partial charge in [0.1, 0.15) is 30.3 Å². The number of phosphoric ester groups is 1. The zero-order chi connectivity index (χ0) is 34.3. The summed E-state index contributed by atoms with van der Waals surface area (Å²) in [7, 11) is -4.32. The van der Waals surface area contributed by atoms with Crippen LogP contribution in [-0.4, -0.2) is 81.1 Å². The number of hydrogen-bond acceptors (Lipinski definition) is 12. The molecule has 0 bridgehead atoms. The average Bonchev–Trinajstić information content (AvgIpc) is 3.10. The van der Waals surface area contributed by atoms with Gasteiger partial charge in [-0.3, -0.25) is 28.5 Å². The van der Waals surface area contributed by atoms with Crippen molar-refractivity contribution in [3.05, 3.63) is 36.2 Å². The fourth-order valence-electron chi connectivity index (χ4n) is 4.10. The van der Waals surface area contributed by atoms with Crippen molar-refractivity contribution in [1.82, 2.24) is 15.5 Å².